The first-order chi connectivity index (χ1) is 16.9. The van der Waals surface area contributed by atoms with Crippen molar-refractivity contribution in [3.05, 3.63) is 108 Å². The minimum Gasteiger partial charge on any atom is -0.497 e. The van der Waals surface area contributed by atoms with Crippen LogP contribution in [0.15, 0.2) is 96.6 Å². The summed E-state index contributed by atoms with van der Waals surface area (Å²) in [5.41, 5.74) is 5.91. The highest BCUT2D eigenvalue weighted by Gasteiger charge is 2.24. The Kier molecular flexibility index (Phi) is 8.51. The van der Waals surface area contributed by atoms with Gasteiger partial charge in [-0.2, -0.15) is 0 Å². The molecule has 5 heteroatoms. The molecule has 0 N–H and O–H groups in total. The van der Waals surface area contributed by atoms with Crippen molar-refractivity contribution in [2.24, 2.45) is 0 Å². The SMILES string of the molecule is C[Si](C)(COc1ccc(COCC2=CCC(P)C=C2)cc1)c1ccc(-c2ccc(C=O)cc2)cc1. The van der Waals surface area contributed by atoms with E-state index in [0.29, 0.717) is 30.7 Å². The Balaban J connectivity index is 1.28. The van der Waals surface area contributed by atoms with Gasteiger partial charge in [0, 0.05) is 5.56 Å². The summed E-state index contributed by atoms with van der Waals surface area (Å²) in [4.78, 5) is 10.9. The van der Waals surface area contributed by atoms with Gasteiger partial charge in [-0.1, -0.05) is 97.2 Å². The lowest BCUT2D eigenvalue weighted by Crippen LogP contribution is -2.47. The van der Waals surface area contributed by atoms with Crippen LogP contribution in [0.4, 0.5) is 0 Å². The van der Waals surface area contributed by atoms with Crippen LogP contribution < -0.4 is 9.92 Å². The van der Waals surface area contributed by atoms with Crippen molar-refractivity contribution >= 4 is 28.8 Å². The van der Waals surface area contributed by atoms with Gasteiger partial charge in [-0.05, 0) is 46.5 Å². The Morgan fingerprint density at radius 3 is 2.17 bits per heavy atom. The molecule has 0 spiro atoms. The van der Waals surface area contributed by atoms with Crippen LogP contribution >= 0.6 is 9.24 Å². The van der Waals surface area contributed by atoms with E-state index in [1.807, 2.05) is 36.4 Å². The highest BCUT2D eigenvalue weighted by Crippen LogP contribution is 2.21. The smallest absolute Gasteiger partial charge is 0.150 e. The highest BCUT2D eigenvalue weighted by atomic mass is 31.0. The fourth-order valence-corrected chi connectivity index (χ4v) is 5.98. The maximum absolute atomic E-state index is 10.9. The molecular weight excluding hydrogens is 467 g/mol. The van der Waals surface area contributed by atoms with Gasteiger partial charge in [0.25, 0.3) is 0 Å². The van der Waals surface area contributed by atoms with E-state index in [2.05, 4.69) is 77.0 Å². The maximum atomic E-state index is 10.9. The van der Waals surface area contributed by atoms with Gasteiger partial charge >= 0.3 is 0 Å². The third kappa shape index (κ3) is 7.11. The van der Waals surface area contributed by atoms with E-state index in [1.54, 1.807) is 0 Å². The van der Waals surface area contributed by atoms with E-state index in [-0.39, 0.29) is 0 Å². The van der Waals surface area contributed by atoms with Crippen molar-refractivity contribution in [2.45, 2.75) is 31.8 Å². The molecule has 0 heterocycles. The third-order valence-electron chi connectivity index (χ3n) is 6.32. The van der Waals surface area contributed by atoms with Gasteiger partial charge in [-0.15, -0.1) is 9.24 Å². The number of benzene rings is 3. The van der Waals surface area contributed by atoms with Crippen molar-refractivity contribution in [1.29, 1.82) is 0 Å². The number of hydrogen-bond acceptors (Lipinski definition) is 3. The monoisotopic (exact) mass is 500 g/mol. The topological polar surface area (TPSA) is 35.5 Å². The number of carbonyl (C=O) groups excluding carboxylic acids is 1. The van der Waals surface area contributed by atoms with Crippen LogP contribution in [0.2, 0.25) is 13.1 Å². The van der Waals surface area contributed by atoms with E-state index < -0.39 is 8.07 Å². The first-order valence-corrected chi connectivity index (χ1v) is 15.9. The first-order valence-electron chi connectivity index (χ1n) is 12.0. The van der Waals surface area contributed by atoms with Crippen molar-refractivity contribution < 1.29 is 14.3 Å². The molecule has 2 atom stereocenters. The zero-order valence-electron chi connectivity index (χ0n) is 20.4. The number of hydrogen-bond donors (Lipinski definition) is 0. The third-order valence-corrected chi connectivity index (χ3v) is 9.57. The summed E-state index contributed by atoms with van der Waals surface area (Å²) in [6.07, 6.45) is 9.27. The van der Waals surface area contributed by atoms with Gasteiger partial charge in [0.1, 0.15) is 20.1 Å². The molecule has 0 radical (unpaired) electrons. The summed E-state index contributed by atoms with van der Waals surface area (Å²) < 4.78 is 12.1. The molecule has 1 aliphatic rings. The van der Waals surface area contributed by atoms with Crippen LogP contribution in [-0.2, 0) is 11.3 Å². The van der Waals surface area contributed by atoms with Crippen molar-refractivity contribution in [3.63, 3.8) is 0 Å². The van der Waals surface area contributed by atoms with Gasteiger partial charge in [-0.3, -0.25) is 4.79 Å². The second kappa shape index (κ2) is 11.8. The Hall–Kier alpha value is -2.78. The van der Waals surface area contributed by atoms with Crippen LogP contribution in [-0.4, -0.2) is 32.9 Å². The number of rotatable bonds is 10. The highest BCUT2D eigenvalue weighted by molar-refractivity contribution is 7.17. The van der Waals surface area contributed by atoms with E-state index in [9.17, 15) is 4.79 Å². The maximum Gasteiger partial charge on any atom is 0.150 e. The minimum atomic E-state index is -1.77. The van der Waals surface area contributed by atoms with Crippen LogP contribution in [0, 0.1) is 0 Å². The number of aldehydes is 1. The van der Waals surface area contributed by atoms with Crippen LogP contribution in [0.5, 0.6) is 5.75 Å². The largest absolute Gasteiger partial charge is 0.497 e. The first kappa shape index (κ1) is 25.3. The molecule has 0 amide bonds. The molecule has 0 aliphatic heterocycles. The molecule has 2 unspecified atom stereocenters. The molecule has 0 aromatic heterocycles. The molecule has 1 aliphatic carbocycles. The average molecular weight is 501 g/mol. The molecule has 0 saturated heterocycles. The molecule has 3 nitrogen and oxygen atoms in total. The van der Waals surface area contributed by atoms with Gasteiger partial charge in [0.2, 0.25) is 0 Å². The van der Waals surface area contributed by atoms with Gasteiger partial charge in [0.15, 0.2) is 0 Å². The predicted octanol–water partition coefficient (Wildman–Crippen LogP) is 6.35. The predicted molar refractivity (Wildman–Crippen MR) is 151 cm³/mol. The van der Waals surface area contributed by atoms with Gasteiger partial charge in [-0.25, -0.2) is 0 Å². The zero-order chi connectivity index (χ0) is 24.7. The molecule has 4 rings (SSSR count). The van der Waals surface area contributed by atoms with E-state index >= 15 is 0 Å². The van der Waals surface area contributed by atoms with E-state index in [4.69, 9.17) is 9.47 Å². The summed E-state index contributed by atoms with van der Waals surface area (Å²) in [6, 6.07) is 24.7. The molecule has 3 aromatic carbocycles. The molecule has 0 saturated carbocycles. The Morgan fingerprint density at radius 1 is 0.914 bits per heavy atom. The molecular formula is C30H33O3PSi. The molecule has 0 bridgehead atoms. The van der Waals surface area contributed by atoms with Crippen LogP contribution in [0.25, 0.3) is 11.1 Å². The van der Waals surface area contributed by atoms with Crippen molar-refractivity contribution in [2.75, 3.05) is 12.8 Å². The molecule has 3 aromatic rings. The summed E-state index contributed by atoms with van der Waals surface area (Å²) in [5.74, 6) is 0.894. The van der Waals surface area contributed by atoms with E-state index in [0.717, 1.165) is 35.1 Å². The minimum absolute atomic E-state index is 0.548. The Morgan fingerprint density at radius 2 is 1.57 bits per heavy atom. The summed E-state index contributed by atoms with van der Waals surface area (Å²) >= 11 is 0. The lowest BCUT2D eigenvalue weighted by Gasteiger charge is -2.23. The molecule has 180 valence electrons. The fraction of sp³-hybridized carbons (Fsp3) is 0.233. The number of carbonyl (C=O) groups is 1. The number of allylic oxidation sites excluding steroid dienone is 2. The summed E-state index contributed by atoms with van der Waals surface area (Å²) in [7, 11) is 1.07. The lowest BCUT2D eigenvalue weighted by atomic mass is 10.0. The summed E-state index contributed by atoms with van der Waals surface area (Å²) in [6.45, 7) is 5.91. The fourth-order valence-electron chi connectivity index (χ4n) is 3.97. The normalized spacial score (nSPS) is 15.5. The van der Waals surface area contributed by atoms with Crippen LogP contribution in [0.3, 0.4) is 0 Å². The average Bonchev–Trinajstić information content (AvgIpc) is 2.89. The zero-order valence-corrected chi connectivity index (χ0v) is 22.6. The summed E-state index contributed by atoms with van der Waals surface area (Å²) in [5, 5.41) is 1.36. The second-order valence-corrected chi connectivity index (χ2v) is 15.2. The lowest BCUT2D eigenvalue weighted by molar-refractivity contribution is 0.112. The second-order valence-electron chi connectivity index (χ2n) is 9.66. The standard InChI is InChI=1S/C30H33O3PSi/c1-35(2,30-17-11-27(12-18-30)26-9-3-23(19-31)4-10-26)22-33-28-13-5-24(6-14-28)20-32-21-25-7-15-29(34)16-8-25/h3-15,17-19,29H,16,20-22,34H2,1-2H3. The van der Waals surface area contributed by atoms with Crippen LogP contribution in [0.1, 0.15) is 22.3 Å². The van der Waals surface area contributed by atoms with Crippen molar-refractivity contribution in [3.8, 4) is 16.9 Å². The van der Waals surface area contributed by atoms with Gasteiger partial charge < -0.3 is 9.47 Å². The van der Waals surface area contributed by atoms with Crippen molar-refractivity contribution in [1.82, 2.24) is 0 Å². The van der Waals surface area contributed by atoms with Gasteiger partial charge in [0.05, 0.1) is 19.4 Å². The molecule has 35 heavy (non-hydrogen) atoms. The quantitative estimate of drug-likeness (QED) is 0.185. The molecule has 0 fully saturated rings. The number of ether oxygens (including phenoxy) is 2. The Labute approximate surface area is 212 Å². The van der Waals surface area contributed by atoms with E-state index in [1.165, 1.54) is 10.8 Å². The Bertz CT molecular complexity index is 1180.